The molecule has 0 unspecified atom stereocenters. The Hall–Kier alpha value is -1.20. The van der Waals surface area contributed by atoms with E-state index in [2.05, 4.69) is 22.2 Å². The molecule has 0 aliphatic rings. The van der Waals surface area contributed by atoms with Gasteiger partial charge in [-0.3, -0.25) is 0 Å². The Morgan fingerprint density at radius 1 is 1.38 bits per heavy atom. The zero-order valence-corrected chi connectivity index (χ0v) is 9.86. The lowest BCUT2D eigenvalue weighted by molar-refractivity contribution is 0.0992. The van der Waals surface area contributed by atoms with Gasteiger partial charge < -0.3 is 15.2 Å². The molecule has 5 nitrogen and oxygen atoms in total. The molecule has 0 fully saturated rings. The predicted octanol–water partition coefficient (Wildman–Crippen LogP) is 0.768. The van der Waals surface area contributed by atoms with Gasteiger partial charge in [-0.25, -0.2) is 9.97 Å². The molecule has 1 rings (SSSR count). The summed E-state index contributed by atoms with van der Waals surface area (Å²) < 4.78 is 5.14. The highest BCUT2D eigenvalue weighted by molar-refractivity contribution is 5.35. The number of aliphatic hydroxyl groups excluding tert-OH is 1. The Morgan fingerprint density at radius 2 is 2.19 bits per heavy atom. The van der Waals surface area contributed by atoms with Crippen LogP contribution in [0.25, 0.3) is 0 Å². The molecule has 0 aromatic carbocycles. The van der Waals surface area contributed by atoms with E-state index in [1.165, 1.54) is 0 Å². The Kier molecular flexibility index (Phi) is 5.74. The van der Waals surface area contributed by atoms with Crippen LogP contribution in [0.15, 0.2) is 6.07 Å². The number of aromatic nitrogens is 2. The fraction of sp³-hybridized carbons (Fsp3) is 0.636. The van der Waals surface area contributed by atoms with Crippen LogP contribution in [0.4, 0.5) is 5.82 Å². The predicted molar refractivity (Wildman–Crippen MR) is 62.5 cm³/mol. The van der Waals surface area contributed by atoms with Crippen molar-refractivity contribution in [1.82, 2.24) is 9.97 Å². The van der Waals surface area contributed by atoms with E-state index in [1.807, 2.05) is 13.0 Å². The van der Waals surface area contributed by atoms with E-state index in [0.717, 1.165) is 23.8 Å². The maximum Gasteiger partial charge on any atom is 0.130 e. The zero-order chi connectivity index (χ0) is 11.8. The van der Waals surface area contributed by atoms with Gasteiger partial charge in [0, 0.05) is 18.3 Å². The highest BCUT2D eigenvalue weighted by Gasteiger charge is 1.99. The minimum absolute atomic E-state index is 0.0621. The lowest BCUT2D eigenvalue weighted by Crippen LogP contribution is -2.13. The van der Waals surface area contributed by atoms with Crippen molar-refractivity contribution in [2.45, 2.75) is 20.3 Å². The van der Waals surface area contributed by atoms with E-state index in [1.54, 1.807) is 0 Å². The number of hydrogen-bond acceptors (Lipinski definition) is 5. The quantitative estimate of drug-likeness (QED) is 0.671. The van der Waals surface area contributed by atoms with Crippen LogP contribution in [0.1, 0.15) is 18.4 Å². The van der Waals surface area contributed by atoms with Gasteiger partial charge in [-0.15, -0.1) is 0 Å². The second-order valence-corrected chi connectivity index (χ2v) is 3.41. The summed E-state index contributed by atoms with van der Waals surface area (Å²) in [5, 5.41) is 11.7. The molecule has 16 heavy (non-hydrogen) atoms. The molecule has 0 amide bonds. The van der Waals surface area contributed by atoms with Crippen molar-refractivity contribution < 1.29 is 9.84 Å². The molecule has 0 aliphatic carbocycles. The second-order valence-electron chi connectivity index (χ2n) is 3.41. The van der Waals surface area contributed by atoms with Crippen LogP contribution in [0, 0.1) is 6.92 Å². The van der Waals surface area contributed by atoms with Gasteiger partial charge in [0.2, 0.25) is 0 Å². The van der Waals surface area contributed by atoms with E-state index in [0.29, 0.717) is 19.8 Å². The first-order valence-corrected chi connectivity index (χ1v) is 5.53. The summed E-state index contributed by atoms with van der Waals surface area (Å²) >= 11 is 0. The molecule has 0 aliphatic heterocycles. The summed E-state index contributed by atoms with van der Waals surface area (Å²) in [5.41, 5.74) is 1.03. The summed E-state index contributed by atoms with van der Waals surface area (Å²) in [6, 6.07) is 1.94. The first-order chi connectivity index (χ1) is 7.76. The van der Waals surface area contributed by atoms with E-state index in [-0.39, 0.29) is 6.61 Å². The number of anilines is 1. The van der Waals surface area contributed by atoms with E-state index >= 15 is 0 Å². The van der Waals surface area contributed by atoms with Crippen molar-refractivity contribution in [3.63, 3.8) is 0 Å². The molecule has 90 valence electrons. The number of aryl methyl sites for hydroxylation is 2. The van der Waals surface area contributed by atoms with Crippen LogP contribution in [0.2, 0.25) is 0 Å². The standard InChI is InChI=1S/C11H19N3O2/c1-3-10-8-11(14-9(2)13-10)12-4-6-16-7-5-15/h8,15H,3-7H2,1-2H3,(H,12,13,14). The number of rotatable bonds is 7. The molecule has 1 aromatic rings. The SMILES string of the molecule is CCc1cc(NCCOCCO)nc(C)n1. The Bertz CT molecular complexity index is 318. The molecule has 0 saturated heterocycles. The number of nitrogens with zero attached hydrogens (tertiary/aromatic N) is 2. The first kappa shape index (κ1) is 12.9. The van der Waals surface area contributed by atoms with Gasteiger partial charge in [-0.05, 0) is 13.3 Å². The van der Waals surface area contributed by atoms with Crippen molar-refractivity contribution in [3.05, 3.63) is 17.6 Å². The fourth-order valence-electron chi connectivity index (χ4n) is 1.32. The van der Waals surface area contributed by atoms with Crippen LogP contribution >= 0.6 is 0 Å². The molecule has 1 heterocycles. The normalized spacial score (nSPS) is 10.4. The highest BCUT2D eigenvalue weighted by atomic mass is 16.5. The number of nitrogens with one attached hydrogen (secondary N) is 1. The van der Waals surface area contributed by atoms with Gasteiger partial charge in [0.15, 0.2) is 0 Å². The summed E-state index contributed by atoms with van der Waals surface area (Å²) in [6.45, 7) is 5.63. The average molecular weight is 225 g/mol. The summed E-state index contributed by atoms with van der Waals surface area (Å²) in [7, 11) is 0. The Morgan fingerprint density at radius 3 is 2.88 bits per heavy atom. The van der Waals surface area contributed by atoms with Gasteiger partial charge in [-0.2, -0.15) is 0 Å². The fourth-order valence-corrected chi connectivity index (χ4v) is 1.32. The van der Waals surface area contributed by atoms with Crippen LogP contribution in [0.5, 0.6) is 0 Å². The van der Waals surface area contributed by atoms with Gasteiger partial charge in [0.25, 0.3) is 0 Å². The summed E-state index contributed by atoms with van der Waals surface area (Å²) in [5.74, 6) is 1.61. The molecular weight excluding hydrogens is 206 g/mol. The third-order valence-electron chi connectivity index (χ3n) is 2.04. The maximum atomic E-state index is 8.52. The smallest absolute Gasteiger partial charge is 0.130 e. The minimum atomic E-state index is 0.0621. The zero-order valence-electron chi connectivity index (χ0n) is 9.86. The van der Waals surface area contributed by atoms with Crippen LogP contribution in [-0.4, -0.2) is 41.4 Å². The van der Waals surface area contributed by atoms with Crippen molar-refractivity contribution in [1.29, 1.82) is 0 Å². The maximum absolute atomic E-state index is 8.52. The second kappa shape index (κ2) is 7.14. The minimum Gasteiger partial charge on any atom is -0.394 e. The van der Waals surface area contributed by atoms with E-state index in [9.17, 15) is 0 Å². The van der Waals surface area contributed by atoms with Crippen molar-refractivity contribution in [2.75, 3.05) is 31.7 Å². The molecule has 5 heteroatoms. The lowest BCUT2D eigenvalue weighted by atomic mass is 10.3. The molecule has 0 saturated carbocycles. The van der Waals surface area contributed by atoms with Gasteiger partial charge in [0.05, 0.1) is 19.8 Å². The van der Waals surface area contributed by atoms with Crippen LogP contribution < -0.4 is 5.32 Å². The van der Waals surface area contributed by atoms with E-state index in [4.69, 9.17) is 9.84 Å². The monoisotopic (exact) mass is 225 g/mol. The average Bonchev–Trinajstić information content (AvgIpc) is 2.28. The molecule has 0 radical (unpaired) electrons. The number of aliphatic hydroxyl groups is 1. The molecule has 0 bridgehead atoms. The van der Waals surface area contributed by atoms with Gasteiger partial charge in [0.1, 0.15) is 11.6 Å². The molecule has 2 N–H and O–H groups in total. The van der Waals surface area contributed by atoms with Gasteiger partial charge in [-0.1, -0.05) is 6.92 Å². The molecular formula is C11H19N3O2. The molecule has 0 spiro atoms. The topological polar surface area (TPSA) is 67.3 Å². The Labute approximate surface area is 95.9 Å². The summed E-state index contributed by atoms with van der Waals surface area (Å²) in [6.07, 6.45) is 0.902. The van der Waals surface area contributed by atoms with Crippen LogP contribution in [0.3, 0.4) is 0 Å². The number of ether oxygens (including phenoxy) is 1. The van der Waals surface area contributed by atoms with Crippen LogP contribution in [-0.2, 0) is 11.2 Å². The Balaban J connectivity index is 2.38. The van der Waals surface area contributed by atoms with E-state index < -0.39 is 0 Å². The van der Waals surface area contributed by atoms with Crippen molar-refractivity contribution in [2.24, 2.45) is 0 Å². The molecule has 1 aromatic heterocycles. The van der Waals surface area contributed by atoms with Gasteiger partial charge >= 0.3 is 0 Å². The third kappa shape index (κ3) is 4.55. The van der Waals surface area contributed by atoms with Crippen molar-refractivity contribution in [3.8, 4) is 0 Å². The highest BCUT2D eigenvalue weighted by Crippen LogP contribution is 2.06. The summed E-state index contributed by atoms with van der Waals surface area (Å²) in [4.78, 5) is 8.57. The molecule has 0 atom stereocenters. The number of hydrogen-bond donors (Lipinski definition) is 2. The first-order valence-electron chi connectivity index (χ1n) is 5.53. The largest absolute Gasteiger partial charge is 0.394 e. The third-order valence-corrected chi connectivity index (χ3v) is 2.04. The van der Waals surface area contributed by atoms with Crippen molar-refractivity contribution >= 4 is 5.82 Å². The lowest BCUT2D eigenvalue weighted by Gasteiger charge is -2.07.